The Hall–Kier alpha value is -3.19. The molecule has 0 amide bonds. The molecule has 1 aromatic carbocycles. The molecule has 30 heavy (non-hydrogen) atoms. The molecule has 2 heterocycles. The molecule has 158 valence electrons. The molecule has 1 saturated heterocycles. The van der Waals surface area contributed by atoms with Crippen LogP contribution in [-0.2, 0) is 0 Å². The number of rotatable bonds is 11. The smallest absolute Gasteiger partial charge is 0.232 e. The zero-order valence-electron chi connectivity index (χ0n) is 17.4. The molecule has 0 saturated carbocycles. The predicted molar refractivity (Wildman–Crippen MR) is 126 cm³/mol. The first kappa shape index (κ1) is 21.5. The molecule has 2 aromatic rings. The van der Waals surface area contributed by atoms with Crippen LogP contribution in [0, 0.1) is 0 Å². The average molecular weight is 406 g/mol. The topological polar surface area (TPSA) is 78.0 Å². The minimum atomic E-state index is 0.394. The van der Waals surface area contributed by atoms with Gasteiger partial charge in [0.2, 0.25) is 17.8 Å². The summed E-state index contributed by atoms with van der Waals surface area (Å²) >= 11 is 0. The van der Waals surface area contributed by atoms with Crippen molar-refractivity contribution in [3.63, 3.8) is 0 Å². The van der Waals surface area contributed by atoms with Crippen LogP contribution in [0.3, 0.4) is 0 Å². The lowest BCUT2D eigenvalue weighted by molar-refractivity contribution is 0.434. The van der Waals surface area contributed by atoms with Gasteiger partial charge in [-0.2, -0.15) is 15.0 Å². The zero-order chi connectivity index (χ0) is 21.0. The fourth-order valence-electron chi connectivity index (χ4n) is 3.31. The van der Waals surface area contributed by atoms with Gasteiger partial charge in [-0.1, -0.05) is 54.6 Å². The van der Waals surface area contributed by atoms with E-state index < -0.39 is 0 Å². The monoisotopic (exact) mass is 405 g/mol. The van der Waals surface area contributed by atoms with Crippen molar-refractivity contribution in [2.45, 2.75) is 18.9 Å². The van der Waals surface area contributed by atoms with Crippen LogP contribution >= 0.6 is 0 Å². The van der Waals surface area contributed by atoms with Gasteiger partial charge >= 0.3 is 0 Å². The summed E-state index contributed by atoms with van der Waals surface area (Å²) in [4.78, 5) is 15.9. The third-order valence-electron chi connectivity index (χ3n) is 4.77. The Morgan fingerprint density at radius 1 is 0.967 bits per heavy atom. The summed E-state index contributed by atoms with van der Waals surface area (Å²) in [7, 11) is 0. The van der Waals surface area contributed by atoms with Gasteiger partial charge in [0.25, 0.3) is 0 Å². The molecule has 7 nitrogen and oxygen atoms in total. The van der Waals surface area contributed by atoms with Gasteiger partial charge in [0, 0.05) is 38.8 Å². The van der Waals surface area contributed by atoms with Gasteiger partial charge < -0.3 is 20.9 Å². The SMILES string of the molecule is C=CCNc1nc(NCC=C)nc(N2CCCC(NCC=Cc3ccccc3)C2)n1. The largest absolute Gasteiger partial charge is 0.351 e. The van der Waals surface area contributed by atoms with Crippen molar-refractivity contribution < 1.29 is 0 Å². The summed E-state index contributed by atoms with van der Waals surface area (Å²) < 4.78 is 0. The second-order valence-electron chi connectivity index (χ2n) is 7.13. The van der Waals surface area contributed by atoms with E-state index in [1.807, 2.05) is 6.07 Å². The van der Waals surface area contributed by atoms with E-state index >= 15 is 0 Å². The molecule has 0 radical (unpaired) electrons. The number of piperidine rings is 1. The van der Waals surface area contributed by atoms with E-state index in [0.717, 1.165) is 32.5 Å². The number of anilines is 3. The van der Waals surface area contributed by atoms with E-state index in [9.17, 15) is 0 Å². The number of benzene rings is 1. The van der Waals surface area contributed by atoms with Crippen LogP contribution in [-0.4, -0.2) is 53.7 Å². The van der Waals surface area contributed by atoms with Crippen molar-refractivity contribution in [2.24, 2.45) is 0 Å². The van der Waals surface area contributed by atoms with Gasteiger partial charge in [-0.05, 0) is 18.4 Å². The van der Waals surface area contributed by atoms with Crippen molar-refractivity contribution >= 4 is 23.9 Å². The van der Waals surface area contributed by atoms with Gasteiger partial charge in [-0.15, -0.1) is 13.2 Å². The van der Waals surface area contributed by atoms with Gasteiger partial charge in [-0.25, -0.2) is 0 Å². The molecule has 3 N–H and O–H groups in total. The maximum absolute atomic E-state index is 4.61. The Kier molecular flexibility index (Phi) is 8.41. The van der Waals surface area contributed by atoms with Crippen molar-refractivity contribution in [3.8, 4) is 0 Å². The van der Waals surface area contributed by atoms with E-state index in [0.29, 0.717) is 37.0 Å². The van der Waals surface area contributed by atoms with E-state index in [1.54, 1.807) is 12.2 Å². The number of nitrogens with zero attached hydrogens (tertiary/aromatic N) is 4. The third-order valence-corrected chi connectivity index (χ3v) is 4.77. The lowest BCUT2D eigenvalue weighted by atomic mass is 10.1. The molecule has 0 spiro atoms. The van der Waals surface area contributed by atoms with Crippen LogP contribution in [0.1, 0.15) is 18.4 Å². The average Bonchev–Trinajstić information content (AvgIpc) is 2.80. The highest BCUT2D eigenvalue weighted by atomic mass is 15.3. The van der Waals surface area contributed by atoms with E-state index in [4.69, 9.17) is 0 Å². The third kappa shape index (κ3) is 6.70. The lowest BCUT2D eigenvalue weighted by Crippen LogP contribution is -2.46. The Morgan fingerprint density at radius 2 is 1.67 bits per heavy atom. The fraction of sp³-hybridized carbons (Fsp3) is 0.348. The summed E-state index contributed by atoms with van der Waals surface area (Å²) in [5.41, 5.74) is 1.22. The summed E-state index contributed by atoms with van der Waals surface area (Å²) in [5.74, 6) is 1.79. The van der Waals surface area contributed by atoms with Crippen LogP contribution in [0.2, 0.25) is 0 Å². The maximum atomic E-state index is 4.61. The normalized spacial score (nSPS) is 16.4. The standard InChI is InChI=1S/C23H31N7/c1-3-14-25-21-27-22(26-15-4-2)29-23(28-21)30-17-9-13-20(18-30)24-16-8-12-19-10-6-5-7-11-19/h3-8,10-12,20,24H,1-2,9,13-18H2,(H2,25,26,27,28,29). The second kappa shape index (κ2) is 11.7. The van der Waals surface area contributed by atoms with Crippen molar-refractivity contribution in [1.82, 2.24) is 20.3 Å². The molecule has 1 aromatic heterocycles. The molecule has 7 heteroatoms. The summed E-state index contributed by atoms with van der Waals surface area (Å²) in [6.45, 7) is 11.3. The zero-order valence-corrected chi connectivity index (χ0v) is 17.4. The van der Waals surface area contributed by atoms with Crippen LogP contribution in [0.25, 0.3) is 6.08 Å². The molecule has 1 fully saturated rings. The molecular weight excluding hydrogens is 374 g/mol. The van der Waals surface area contributed by atoms with Gasteiger partial charge in [0.05, 0.1) is 0 Å². The summed E-state index contributed by atoms with van der Waals surface area (Å²) in [5, 5.41) is 9.96. The minimum absolute atomic E-state index is 0.394. The number of hydrogen-bond donors (Lipinski definition) is 3. The van der Waals surface area contributed by atoms with E-state index in [-0.39, 0.29) is 0 Å². The summed E-state index contributed by atoms with van der Waals surface area (Å²) in [6.07, 6.45) is 10.1. The molecule has 0 aliphatic carbocycles. The predicted octanol–water partition coefficient (Wildman–Crippen LogP) is 3.34. The van der Waals surface area contributed by atoms with Crippen LogP contribution in [0.5, 0.6) is 0 Å². The number of nitrogens with one attached hydrogen (secondary N) is 3. The highest BCUT2D eigenvalue weighted by molar-refractivity contribution is 5.49. The second-order valence-corrected chi connectivity index (χ2v) is 7.13. The van der Waals surface area contributed by atoms with Crippen LogP contribution < -0.4 is 20.9 Å². The quantitative estimate of drug-likeness (QED) is 0.495. The first-order valence-electron chi connectivity index (χ1n) is 10.4. The van der Waals surface area contributed by atoms with Crippen molar-refractivity contribution in [1.29, 1.82) is 0 Å². The lowest BCUT2D eigenvalue weighted by Gasteiger charge is -2.33. The Morgan fingerprint density at radius 3 is 2.33 bits per heavy atom. The van der Waals surface area contributed by atoms with Gasteiger partial charge in [0.15, 0.2) is 0 Å². The first-order chi connectivity index (χ1) is 14.8. The molecule has 0 bridgehead atoms. The Bertz CT molecular complexity index is 804. The van der Waals surface area contributed by atoms with Crippen molar-refractivity contribution in [3.05, 3.63) is 67.3 Å². The molecule has 1 aliphatic heterocycles. The van der Waals surface area contributed by atoms with Crippen LogP contribution in [0.15, 0.2) is 61.7 Å². The molecule has 3 rings (SSSR count). The van der Waals surface area contributed by atoms with Crippen molar-refractivity contribution in [2.75, 3.05) is 48.3 Å². The minimum Gasteiger partial charge on any atom is -0.351 e. The Balaban J connectivity index is 1.61. The Labute approximate surface area is 179 Å². The highest BCUT2D eigenvalue weighted by Gasteiger charge is 2.22. The molecule has 1 aliphatic rings. The number of hydrogen-bond acceptors (Lipinski definition) is 7. The highest BCUT2D eigenvalue weighted by Crippen LogP contribution is 2.19. The maximum Gasteiger partial charge on any atom is 0.232 e. The summed E-state index contributed by atoms with van der Waals surface area (Å²) in [6, 6.07) is 10.7. The fourth-order valence-corrected chi connectivity index (χ4v) is 3.31. The molecule has 1 unspecified atom stereocenters. The van der Waals surface area contributed by atoms with E-state index in [1.165, 1.54) is 5.56 Å². The van der Waals surface area contributed by atoms with Crippen LogP contribution in [0.4, 0.5) is 17.8 Å². The van der Waals surface area contributed by atoms with Gasteiger partial charge in [-0.3, -0.25) is 0 Å². The molecular formula is C23H31N7. The van der Waals surface area contributed by atoms with Gasteiger partial charge in [0.1, 0.15) is 0 Å². The number of aromatic nitrogens is 3. The molecule has 1 atom stereocenters. The van der Waals surface area contributed by atoms with E-state index in [2.05, 4.69) is 85.4 Å². The first-order valence-corrected chi connectivity index (χ1v) is 10.4.